The highest BCUT2D eigenvalue weighted by molar-refractivity contribution is 7.89. The Morgan fingerprint density at radius 1 is 0.618 bits per heavy atom. The van der Waals surface area contributed by atoms with Crippen LogP contribution in [0.1, 0.15) is 11.1 Å². The van der Waals surface area contributed by atoms with E-state index in [2.05, 4.69) is 25.8 Å². The van der Waals surface area contributed by atoms with Gasteiger partial charge in [-0.05, 0) is 83.6 Å². The monoisotopic (exact) mass is 830 g/mol. The molecule has 0 unspecified atom stereocenters. The lowest BCUT2D eigenvalue weighted by Crippen LogP contribution is -2.11. The first-order valence-electron chi connectivity index (χ1n) is 15.2. The number of phenols is 1. The molecule has 19 nitrogen and oxygen atoms in total. The summed E-state index contributed by atoms with van der Waals surface area (Å²) in [5.74, 6) is -0.922. The Morgan fingerprint density at radius 2 is 1.22 bits per heavy atom. The fraction of sp³-hybridized carbons (Fsp3) is 0.0625. The molecule has 1 aliphatic rings. The fourth-order valence-corrected chi connectivity index (χ4v) is 8.21. The van der Waals surface area contributed by atoms with Gasteiger partial charge in [0, 0.05) is 17.5 Å². The number of nitrogens with one attached hydrogen (secondary N) is 1. The van der Waals surface area contributed by atoms with E-state index in [1.807, 2.05) is 0 Å². The van der Waals surface area contributed by atoms with Crippen molar-refractivity contribution < 1.29 is 57.0 Å². The minimum absolute atomic E-state index is 0.0115. The van der Waals surface area contributed by atoms with Crippen LogP contribution in [0.4, 0.5) is 39.8 Å². The summed E-state index contributed by atoms with van der Waals surface area (Å²) in [5.41, 5.74) is 5.37. The number of nitrogen functional groups attached to an aromatic ring is 1. The summed E-state index contributed by atoms with van der Waals surface area (Å²) in [4.78, 5) is -2.77. The van der Waals surface area contributed by atoms with E-state index in [0.29, 0.717) is 11.3 Å². The van der Waals surface area contributed by atoms with Crippen LogP contribution in [0.15, 0.2) is 125 Å². The normalized spacial score (nSPS) is 14.0. The van der Waals surface area contributed by atoms with E-state index >= 15 is 0 Å². The van der Waals surface area contributed by atoms with Crippen LogP contribution in [0.2, 0.25) is 0 Å². The molecule has 0 bridgehead atoms. The highest BCUT2D eigenvalue weighted by Gasteiger charge is 2.27. The number of rotatable bonds is 10. The lowest BCUT2D eigenvalue weighted by Gasteiger charge is -2.18. The highest BCUT2D eigenvalue weighted by atomic mass is 32.2. The number of nitrogens with two attached hydrogens (primary N) is 1. The van der Waals surface area contributed by atoms with E-state index < -0.39 is 83.6 Å². The average molecular weight is 831 g/mol. The molecule has 0 aromatic heterocycles. The Kier molecular flexibility index (Phi) is 10.1. The second-order valence-corrected chi connectivity index (χ2v) is 17.4. The van der Waals surface area contributed by atoms with Crippen molar-refractivity contribution in [2.75, 3.05) is 11.1 Å². The first kappa shape index (κ1) is 39.0. The molecule has 0 saturated carbocycles. The molecular weight excluding hydrogens is 805 g/mol. The third-order valence-electron chi connectivity index (χ3n) is 8.16. The molecular formula is C32H26N6O13S4. The van der Waals surface area contributed by atoms with Gasteiger partial charge in [-0.1, -0.05) is 24.3 Å². The van der Waals surface area contributed by atoms with E-state index in [-0.39, 0.29) is 45.5 Å². The number of fused-ring (bicyclic) bond motifs is 2. The third kappa shape index (κ3) is 8.37. The van der Waals surface area contributed by atoms with Crippen molar-refractivity contribution in [2.24, 2.45) is 20.5 Å². The predicted molar refractivity (Wildman–Crippen MR) is 197 cm³/mol. The van der Waals surface area contributed by atoms with Gasteiger partial charge >= 0.3 is 0 Å². The van der Waals surface area contributed by atoms with Gasteiger partial charge in [0.1, 0.15) is 20.4 Å². The molecule has 0 saturated heterocycles. The van der Waals surface area contributed by atoms with E-state index in [9.17, 15) is 57.0 Å². The van der Waals surface area contributed by atoms with Gasteiger partial charge in [0.25, 0.3) is 40.5 Å². The molecule has 5 aromatic carbocycles. The molecule has 0 fully saturated rings. The zero-order valence-corrected chi connectivity index (χ0v) is 30.8. The van der Waals surface area contributed by atoms with Gasteiger partial charge < -0.3 is 16.2 Å². The fourth-order valence-electron chi connectivity index (χ4n) is 5.63. The molecule has 0 heterocycles. The van der Waals surface area contributed by atoms with Crippen molar-refractivity contribution >= 4 is 91.1 Å². The van der Waals surface area contributed by atoms with Gasteiger partial charge in [-0.3, -0.25) is 18.2 Å². The van der Waals surface area contributed by atoms with Gasteiger partial charge in [0.05, 0.1) is 33.3 Å². The van der Waals surface area contributed by atoms with E-state index in [0.717, 1.165) is 24.3 Å². The average Bonchev–Trinajstić information content (AvgIpc) is 3.09. The molecule has 1 aliphatic carbocycles. The quantitative estimate of drug-likeness (QED) is 0.0460. The van der Waals surface area contributed by atoms with Crippen LogP contribution >= 0.6 is 0 Å². The van der Waals surface area contributed by atoms with Crippen LogP contribution in [0.5, 0.6) is 5.75 Å². The molecule has 0 atom stereocenters. The van der Waals surface area contributed by atoms with Crippen LogP contribution in [0, 0.1) is 0 Å². The van der Waals surface area contributed by atoms with Crippen LogP contribution < -0.4 is 11.1 Å². The molecule has 23 heteroatoms. The molecule has 5 aromatic rings. The molecule has 0 spiro atoms. The molecule has 6 rings (SSSR count). The SMILES string of the molecule is Nc1cc2c(O)c(N=Nc3ccc(N=Nc4ccc(Nc5ccccc5)c(S(=O)(=O)O)c4)c4c3CC(S(=O)(=O)O)=CC4)c(S(=O)(=O)O)cc2cc1S(=O)(=O)O. The Bertz CT molecular complexity index is 2970. The van der Waals surface area contributed by atoms with Crippen LogP contribution in [-0.4, -0.2) is 57.0 Å². The van der Waals surface area contributed by atoms with Crippen molar-refractivity contribution in [3.05, 3.63) is 101 Å². The Balaban J connectivity index is 1.44. The minimum Gasteiger partial charge on any atom is -0.505 e. The number of aromatic hydroxyl groups is 1. The molecule has 0 amide bonds. The maximum atomic E-state index is 12.4. The lowest BCUT2D eigenvalue weighted by atomic mass is 9.93. The summed E-state index contributed by atoms with van der Waals surface area (Å²) in [5, 5.41) is 29.6. The van der Waals surface area contributed by atoms with Gasteiger partial charge in [-0.25, -0.2) is 0 Å². The predicted octanol–water partition coefficient (Wildman–Crippen LogP) is 6.31. The summed E-state index contributed by atoms with van der Waals surface area (Å²) < 4.78 is 136. The van der Waals surface area contributed by atoms with Crippen molar-refractivity contribution in [3.8, 4) is 5.75 Å². The minimum atomic E-state index is -5.19. The first-order chi connectivity index (χ1) is 25.6. The van der Waals surface area contributed by atoms with Crippen LogP contribution in [-0.2, 0) is 53.3 Å². The molecule has 0 radical (unpaired) electrons. The number of phenolic OH excluding ortho intramolecular Hbond substituents is 1. The molecule has 0 aliphatic heterocycles. The number of allylic oxidation sites excluding steroid dienone is 2. The standard InChI is InChI=1S/C32H26N6O13S4/c33-24-16-22-17(12-28(24)53(43,44)45)13-30(55(49,50)51)31(32(22)39)38-37-26-11-10-25(21-8-7-20(15-23(21)26)52(40,41)42)36-35-19-6-9-27(29(14-19)54(46,47)48)34-18-4-2-1-3-5-18/h1-7,9-14,16,34,39H,8,15,33H2,(H,40,41,42)(H,43,44,45)(H,46,47,48)(H,49,50,51). The van der Waals surface area contributed by atoms with Crippen LogP contribution in [0.3, 0.4) is 0 Å². The molecule has 8 N–H and O–H groups in total. The largest absolute Gasteiger partial charge is 0.505 e. The van der Waals surface area contributed by atoms with Crippen molar-refractivity contribution in [3.63, 3.8) is 0 Å². The topological polar surface area (TPSA) is 325 Å². The van der Waals surface area contributed by atoms with Gasteiger partial charge in [0.15, 0.2) is 5.75 Å². The number of anilines is 3. The lowest BCUT2D eigenvalue weighted by molar-refractivity contribution is 0.472. The first-order valence-corrected chi connectivity index (χ1v) is 21.0. The summed E-state index contributed by atoms with van der Waals surface area (Å²) in [7, 11) is -19.5. The maximum Gasteiger partial charge on any atom is 0.296 e. The zero-order valence-electron chi connectivity index (χ0n) is 27.5. The molecule has 286 valence electrons. The summed E-state index contributed by atoms with van der Waals surface area (Å²) in [6.07, 6.45) is 0.572. The van der Waals surface area contributed by atoms with Crippen molar-refractivity contribution in [1.82, 2.24) is 0 Å². The van der Waals surface area contributed by atoms with Crippen LogP contribution in [0.25, 0.3) is 10.8 Å². The van der Waals surface area contributed by atoms with Gasteiger partial charge in [-0.15, -0.1) is 5.11 Å². The Hall–Kier alpha value is -5.66. The summed E-state index contributed by atoms with van der Waals surface area (Å²) in [6, 6.07) is 17.4. The number of hydrogen-bond acceptors (Lipinski definition) is 15. The van der Waals surface area contributed by atoms with E-state index in [4.69, 9.17) is 5.73 Å². The number of azo groups is 2. The molecule has 55 heavy (non-hydrogen) atoms. The number of nitrogens with zero attached hydrogens (tertiary/aromatic N) is 4. The van der Waals surface area contributed by atoms with Crippen molar-refractivity contribution in [2.45, 2.75) is 27.5 Å². The Morgan fingerprint density at radius 3 is 1.84 bits per heavy atom. The van der Waals surface area contributed by atoms with Crippen molar-refractivity contribution in [1.29, 1.82) is 0 Å². The number of hydrogen-bond donors (Lipinski definition) is 7. The summed E-state index contributed by atoms with van der Waals surface area (Å²) >= 11 is 0. The van der Waals surface area contributed by atoms with E-state index in [1.54, 1.807) is 30.3 Å². The maximum absolute atomic E-state index is 12.4. The number of para-hydroxylation sites is 1. The third-order valence-corrected chi connectivity index (χ3v) is 11.8. The van der Waals surface area contributed by atoms with Gasteiger partial charge in [-0.2, -0.15) is 49.0 Å². The van der Waals surface area contributed by atoms with Gasteiger partial charge in [0.2, 0.25) is 0 Å². The summed E-state index contributed by atoms with van der Waals surface area (Å²) in [6.45, 7) is 0. The smallest absolute Gasteiger partial charge is 0.296 e. The Labute approximate surface area is 312 Å². The number of benzene rings is 5. The second kappa shape index (κ2) is 14.2. The highest BCUT2D eigenvalue weighted by Crippen LogP contribution is 2.44. The second-order valence-electron chi connectivity index (χ2n) is 11.8. The van der Waals surface area contributed by atoms with E-state index in [1.165, 1.54) is 30.3 Å². The zero-order chi connectivity index (χ0) is 40.1.